The Kier molecular flexibility index (Phi) is 16.1. The van der Waals surface area contributed by atoms with E-state index in [4.69, 9.17) is 9.97 Å². The molecule has 5 heteroatoms. The summed E-state index contributed by atoms with van der Waals surface area (Å²) in [6.45, 7) is 16.2. The van der Waals surface area contributed by atoms with Crippen molar-refractivity contribution in [1.29, 1.82) is 0 Å². The van der Waals surface area contributed by atoms with Gasteiger partial charge < -0.3 is 9.97 Å². The first-order valence-electron chi connectivity index (χ1n) is 21.9. The van der Waals surface area contributed by atoms with Crippen LogP contribution >= 0.6 is 0 Å². The number of unbranched alkanes of at least 4 members (excludes halogenated alkanes) is 12. The zero-order valence-corrected chi connectivity index (χ0v) is 36.1. The van der Waals surface area contributed by atoms with Gasteiger partial charge in [-0.15, -0.1) is 5.54 Å². The maximum absolute atomic E-state index is 5.50. The summed E-state index contributed by atoms with van der Waals surface area (Å²) in [5.41, 5.74) is 19.1. The molecule has 0 radical (unpaired) electrons. The molecule has 2 aliphatic rings. The van der Waals surface area contributed by atoms with E-state index in [1.54, 1.807) is 0 Å². The van der Waals surface area contributed by atoms with Crippen LogP contribution in [0, 0.1) is 11.5 Å². The molecule has 0 fully saturated rings. The third-order valence-electron chi connectivity index (χ3n) is 10.9. The van der Waals surface area contributed by atoms with Crippen LogP contribution in [0.4, 0.5) is 0 Å². The van der Waals surface area contributed by atoms with Gasteiger partial charge in [0.25, 0.3) is 0 Å². The van der Waals surface area contributed by atoms with Gasteiger partial charge in [0.2, 0.25) is 0 Å². The second-order valence-corrected chi connectivity index (χ2v) is 21.7. The van der Waals surface area contributed by atoms with Gasteiger partial charge in [-0.2, -0.15) is 0 Å². The topological polar surface area (TPSA) is 57.4 Å². The van der Waals surface area contributed by atoms with Gasteiger partial charge in [0, 0.05) is 11.0 Å². The lowest BCUT2D eigenvalue weighted by Crippen LogP contribution is -2.16. The molecule has 2 N–H and O–H groups in total. The summed E-state index contributed by atoms with van der Waals surface area (Å²) in [5, 5.41) is 0. The van der Waals surface area contributed by atoms with Crippen molar-refractivity contribution in [2.24, 2.45) is 0 Å². The molecule has 4 nitrogen and oxygen atoms in total. The normalized spacial score (nSPS) is 13.0. The van der Waals surface area contributed by atoms with Crippen LogP contribution in [-0.2, 0) is 12.8 Å². The van der Waals surface area contributed by atoms with Crippen LogP contribution < -0.4 is 0 Å². The Balaban J connectivity index is 1.77. The molecule has 54 heavy (non-hydrogen) atoms. The van der Waals surface area contributed by atoms with E-state index in [-0.39, 0.29) is 0 Å². The van der Waals surface area contributed by atoms with E-state index >= 15 is 0 Å². The van der Waals surface area contributed by atoms with Crippen LogP contribution in [0.1, 0.15) is 177 Å². The number of aromatic nitrogens is 4. The van der Waals surface area contributed by atoms with Crippen molar-refractivity contribution in [2.75, 3.05) is 0 Å². The summed E-state index contributed by atoms with van der Waals surface area (Å²) in [7, 11) is -1.64. The molecule has 0 atom stereocenters. The van der Waals surface area contributed by atoms with Gasteiger partial charge in [-0.1, -0.05) is 130 Å². The molecular formula is C49H70N4Si. The summed E-state index contributed by atoms with van der Waals surface area (Å²) >= 11 is 0. The van der Waals surface area contributed by atoms with Gasteiger partial charge in [0.15, 0.2) is 0 Å². The molecule has 2 aliphatic heterocycles. The van der Waals surface area contributed by atoms with Crippen molar-refractivity contribution in [2.45, 2.75) is 176 Å². The summed E-state index contributed by atoms with van der Waals surface area (Å²) in [5.74, 6) is 3.77. The van der Waals surface area contributed by atoms with E-state index in [0.717, 1.165) is 71.5 Å². The number of rotatable bonds is 20. The molecule has 0 unspecified atom stereocenters. The Bertz CT molecular complexity index is 1970. The molecule has 0 spiro atoms. The smallest absolute Gasteiger partial charge is 0.129 e. The van der Waals surface area contributed by atoms with Crippen molar-refractivity contribution in [3.63, 3.8) is 0 Å². The highest BCUT2D eigenvalue weighted by molar-refractivity contribution is 6.84. The highest BCUT2D eigenvalue weighted by atomic mass is 28.3. The highest BCUT2D eigenvalue weighted by Gasteiger charge is 2.22. The largest absolute Gasteiger partial charge is 0.354 e. The number of nitrogens with zero attached hydrogens (tertiary/aromatic N) is 2. The highest BCUT2D eigenvalue weighted by Crippen LogP contribution is 2.36. The average molecular weight is 743 g/mol. The van der Waals surface area contributed by atoms with Crippen LogP contribution in [0.5, 0.6) is 0 Å². The molecule has 3 aromatic heterocycles. The number of hydrogen-bond donors (Lipinski definition) is 2. The van der Waals surface area contributed by atoms with Gasteiger partial charge in [0.1, 0.15) is 13.8 Å². The standard InChI is InChI=1S/C49H70N4Si/c1-8-12-16-20-24-37-34-46-47-35-38(25-21-17-13-9-2)43(51-47)30-31-45-40(27-23-19-15-11-4)41(32-33-54(5,6)7)49(53-45)48-36-39(26-22-18-14-10-3)44(52-48)29-28-42(37)50-46/h28-31,34-36,51-52H,8-27H2,1-7H3. The van der Waals surface area contributed by atoms with Gasteiger partial charge in [-0.05, 0) is 116 Å². The van der Waals surface area contributed by atoms with E-state index in [1.165, 1.54) is 130 Å². The Morgan fingerprint density at radius 1 is 0.537 bits per heavy atom. The molecule has 3 aromatic rings. The van der Waals surface area contributed by atoms with Gasteiger partial charge in [-0.3, -0.25) is 0 Å². The summed E-state index contributed by atoms with van der Waals surface area (Å²) in [4.78, 5) is 18.6. The van der Waals surface area contributed by atoms with Crippen LogP contribution in [0.3, 0.4) is 0 Å². The summed E-state index contributed by atoms with van der Waals surface area (Å²) in [6.07, 6.45) is 26.4. The lowest BCUT2D eigenvalue weighted by atomic mass is 9.98. The molecule has 0 amide bonds. The number of allylic oxidation sites excluding steroid dienone is 3. The molecule has 0 aliphatic carbocycles. The first-order valence-corrected chi connectivity index (χ1v) is 25.4. The second-order valence-electron chi connectivity index (χ2n) is 16.9. The molecule has 5 heterocycles. The van der Waals surface area contributed by atoms with E-state index < -0.39 is 8.07 Å². The molecule has 5 rings (SSSR count). The molecule has 0 saturated carbocycles. The van der Waals surface area contributed by atoms with Crippen LogP contribution in [0.15, 0.2) is 36.4 Å². The van der Waals surface area contributed by atoms with Crippen molar-refractivity contribution in [3.8, 4) is 11.5 Å². The SMILES string of the molecule is CCCCCCC1=Cc2nc1ccc1[nH]c(cc1CCCCCC)c1nc(ccc3[nH]c2cc3CCCCCC)C(CCCCCC)=C1C#C[Si](C)(C)C. The maximum Gasteiger partial charge on any atom is 0.129 e. The average Bonchev–Trinajstić information content (AvgIpc) is 3.93. The van der Waals surface area contributed by atoms with Crippen molar-refractivity contribution in [1.82, 2.24) is 19.9 Å². The first kappa shape index (κ1) is 41.5. The predicted molar refractivity (Wildman–Crippen MR) is 240 cm³/mol. The lowest BCUT2D eigenvalue weighted by molar-refractivity contribution is 0.668. The molecule has 290 valence electrons. The predicted octanol–water partition coefficient (Wildman–Crippen LogP) is 14.8. The number of aryl methyl sites for hydroxylation is 2. The van der Waals surface area contributed by atoms with E-state index in [0.29, 0.717) is 0 Å². The van der Waals surface area contributed by atoms with E-state index in [9.17, 15) is 0 Å². The van der Waals surface area contributed by atoms with Crippen molar-refractivity contribution < 1.29 is 0 Å². The fourth-order valence-corrected chi connectivity index (χ4v) is 8.22. The number of fused-ring (bicyclic) bond motifs is 10. The zero-order valence-electron chi connectivity index (χ0n) is 35.1. The summed E-state index contributed by atoms with van der Waals surface area (Å²) in [6, 6.07) is 13.9. The van der Waals surface area contributed by atoms with E-state index in [2.05, 4.69) is 111 Å². The number of nitrogens with one attached hydrogen (secondary N) is 2. The second kappa shape index (κ2) is 20.9. The quantitative estimate of drug-likeness (QED) is 0.0688. The maximum atomic E-state index is 5.50. The summed E-state index contributed by atoms with van der Waals surface area (Å²) < 4.78 is 0. The minimum atomic E-state index is -1.64. The number of aromatic amines is 2. The first-order chi connectivity index (χ1) is 26.2. The Hall–Kier alpha value is -3.62. The third kappa shape index (κ3) is 11.7. The van der Waals surface area contributed by atoms with Gasteiger partial charge in [-0.25, -0.2) is 9.97 Å². The van der Waals surface area contributed by atoms with E-state index in [1.807, 2.05) is 0 Å². The molecular weight excluding hydrogens is 673 g/mol. The fraction of sp³-hybridized carbons (Fsp3) is 0.551. The van der Waals surface area contributed by atoms with Crippen molar-refractivity contribution in [3.05, 3.63) is 70.3 Å². The van der Waals surface area contributed by atoms with Crippen LogP contribution in [-0.4, -0.2) is 28.0 Å². The third-order valence-corrected chi connectivity index (χ3v) is 11.8. The fourth-order valence-electron chi connectivity index (χ4n) is 7.72. The van der Waals surface area contributed by atoms with Crippen molar-refractivity contribution >= 4 is 52.9 Å². The Labute approximate surface area is 329 Å². The monoisotopic (exact) mass is 743 g/mol. The zero-order chi connectivity index (χ0) is 38.3. The molecule has 0 saturated heterocycles. The Morgan fingerprint density at radius 3 is 1.63 bits per heavy atom. The molecule has 8 bridgehead atoms. The van der Waals surface area contributed by atoms with Gasteiger partial charge in [0.05, 0.1) is 33.7 Å². The van der Waals surface area contributed by atoms with Crippen LogP contribution in [0.2, 0.25) is 19.6 Å². The van der Waals surface area contributed by atoms with Crippen LogP contribution in [0.25, 0.3) is 44.9 Å². The minimum Gasteiger partial charge on any atom is -0.354 e. The minimum absolute atomic E-state index is 1.00. The lowest BCUT2D eigenvalue weighted by Gasteiger charge is -2.06. The molecule has 0 aromatic carbocycles. The number of H-pyrrole nitrogens is 2. The number of hydrogen-bond acceptors (Lipinski definition) is 2. The van der Waals surface area contributed by atoms with Gasteiger partial charge >= 0.3 is 0 Å². The Morgan fingerprint density at radius 2 is 1.06 bits per heavy atom.